The molecule has 96 valence electrons. The molecule has 0 spiro atoms. The van der Waals surface area contributed by atoms with Crippen molar-refractivity contribution >= 4 is 11.6 Å². The lowest BCUT2D eigenvalue weighted by atomic mass is 10.1. The maximum Gasteiger partial charge on any atom is 0.248 e. The highest BCUT2D eigenvalue weighted by Crippen LogP contribution is 2.26. The van der Waals surface area contributed by atoms with Crippen molar-refractivity contribution in [1.29, 1.82) is 0 Å². The summed E-state index contributed by atoms with van der Waals surface area (Å²) in [6, 6.07) is 10.2. The minimum absolute atomic E-state index is 0.291. The average Bonchev–Trinajstić information content (AvgIpc) is 3.09. The lowest BCUT2D eigenvalue weighted by Gasteiger charge is -2.08. The highest BCUT2D eigenvalue weighted by molar-refractivity contribution is 6.31. The number of nitrogens with zero attached hydrogens (tertiary/aromatic N) is 2. The van der Waals surface area contributed by atoms with Gasteiger partial charge in [0.15, 0.2) is 5.76 Å². The molecule has 0 aliphatic carbocycles. The van der Waals surface area contributed by atoms with Crippen LogP contribution in [0.4, 0.5) is 0 Å². The highest BCUT2D eigenvalue weighted by Gasteiger charge is 2.20. The Morgan fingerprint density at radius 3 is 2.74 bits per heavy atom. The van der Waals surface area contributed by atoms with Gasteiger partial charge in [-0.15, -0.1) is 0 Å². The van der Waals surface area contributed by atoms with Crippen LogP contribution in [0.2, 0.25) is 5.02 Å². The van der Waals surface area contributed by atoms with E-state index in [0.29, 0.717) is 22.5 Å². The van der Waals surface area contributed by atoms with Gasteiger partial charge in [0.1, 0.15) is 6.04 Å². The summed E-state index contributed by atoms with van der Waals surface area (Å²) in [7, 11) is 0. The van der Waals surface area contributed by atoms with Crippen molar-refractivity contribution in [3.8, 4) is 11.6 Å². The molecule has 0 aliphatic heterocycles. The molecule has 0 fully saturated rings. The van der Waals surface area contributed by atoms with Gasteiger partial charge in [0.2, 0.25) is 11.7 Å². The van der Waals surface area contributed by atoms with Gasteiger partial charge in [0.05, 0.1) is 6.26 Å². The molecular weight excluding hydrogens is 266 g/mol. The Labute approximate surface area is 114 Å². The smallest absolute Gasteiger partial charge is 0.248 e. The molecule has 3 aromatic rings. The number of rotatable bonds is 3. The van der Waals surface area contributed by atoms with Crippen molar-refractivity contribution in [3.05, 3.63) is 59.1 Å². The zero-order valence-electron chi connectivity index (χ0n) is 9.79. The normalized spacial score (nSPS) is 12.5. The van der Waals surface area contributed by atoms with E-state index in [0.717, 1.165) is 5.56 Å². The van der Waals surface area contributed by atoms with Crippen molar-refractivity contribution in [2.45, 2.75) is 6.04 Å². The Kier molecular flexibility index (Phi) is 3.06. The summed E-state index contributed by atoms with van der Waals surface area (Å²) in [6.07, 6.45) is 1.54. The quantitative estimate of drug-likeness (QED) is 0.795. The van der Waals surface area contributed by atoms with E-state index < -0.39 is 6.04 Å². The Morgan fingerprint density at radius 1 is 1.16 bits per heavy atom. The van der Waals surface area contributed by atoms with Gasteiger partial charge in [-0.3, -0.25) is 0 Å². The van der Waals surface area contributed by atoms with Crippen LogP contribution in [0.3, 0.4) is 0 Å². The third kappa shape index (κ3) is 2.25. The second-order valence-electron chi connectivity index (χ2n) is 3.93. The SMILES string of the molecule is N[C@@H](c1nc(-c2ccco2)no1)c1ccccc1Cl. The van der Waals surface area contributed by atoms with Crippen LogP contribution < -0.4 is 5.73 Å². The van der Waals surface area contributed by atoms with Gasteiger partial charge >= 0.3 is 0 Å². The van der Waals surface area contributed by atoms with Crippen molar-refractivity contribution < 1.29 is 8.94 Å². The van der Waals surface area contributed by atoms with Gasteiger partial charge in [-0.1, -0.05) is 35.0 Å². The highest BCUT2D eigenvalue weighted by atomic mass is 35.5. The summed E-state index contributed by atoms with van der Waals surface area (Å²) >= 11 is 6.09. The minimum atomic E-state index is -0.565. The zero-order valence-corrected chi connectivity index (χ0v) is 10.5. The van der Waals surface area contributed by atoms with Crippen LogP contribution in [0.1, 0.15) is 17.5 Å². The first-order valence-electron chi connectivity index (χ1n) is 5.63. The summed E-state index contributed by atoms with van der Waals surface area (Å²) in [5.41, 5.74) is 6.81. The molecule has 0 aliphatic rings. The Balaban J connectivity index is 1.93. The van der Waals surface area contributed by atoms with E-state index in [-0.39, 0.29) is 0 Å². The fourth-order valence-corrected chi connectivity index (χ4v) is 1.98. The van der Waals surface area contributed by atoms with Gasteiger partial charge in [-0.05, 0) is 23.8 Å². The number of halogens is 1. The average molecular weight is 276 g/mol. The molecule has 0 saturated heterocycles. The second kappa shape index (κ2) is 4.87. The van der Waals surface area contributed by atoms with Gasteiger partial charge in [-0.2, -0.15) is 4.98 Å². The van der Waals surface area contributed by atoms with Gasteiger partial charge < -0.3 is 14.7 Å². The number of aromatic nitrogens is 2. The molecule has 0 unspecified atom stereocenters. The lowest BCUT2D eigenvalue weighted by Crippen LogP contribution is -2.12. The van der Waals surface area contributed by atoms with E-state index in [1.165, 1.54) is 0 Å². The fraction of sp³-hybridized carbons (Fsp3) is 0.0769. The van der Waals surface area contributed by atoms with Crippen LogP contribution in [0.15, 0.2) is 51.6 Å². The number of nitrogens with two attached hydrogens (primary N) is 1. The van der Waals surface area contributed by atoms with E-state index in [2.05, 4.69) is 10.1 Å². The summed E-state index contributed by atoms with van der Waals surface area (Å²) < 4.78 is 10.3. The predicted molar refractivity (Wildman–Crippen MR) is 69.5 cm³/mol. The molecule has 1 aromatic carbocycles. The monoisotopic (exact) mass is 275 g/mol. The molecular formula is C13H10ClN3O2. The maximum atomic E-state index is 6.09. The molecule has 0 saturated carbocycles. The molecule has 5 nitrogen and oxygen atoms in total. The van der Waals surface area contributed by atoms with E-state index in [9.17, 15) is 0 Å². The molecule has 19 heavy (non-hydrogen) atoms. The largest absolute Gasteiger partial charge is 0.461 e. The van der Waals surface area contributed by atoms with Gasteiger partial charge in [0, 0.05) is 5.02 Å². The van der Waals surface area contributed by atoms with Gasteiger partial charge in [-0.25, -0.2) is 0 Å². The van der Waals surface area contributed by atoms with Crippen molar-refractivity contribution in [3.63, 3.8) is 0 Å². The number of hydrogen-bond acceptors (Lipinski definition) is 5. The van der Waals surface area contributed by atoms with E-state index >= 15 is 0 Å². The van der Waals surface area contributed by atoms with Crippen molar-refractivity contribution in [2.75, 3.05) is 0 Å². The van der Waals surface area contributed by atoms with Gasteiger partial charge in [0.25, 0.3) is 0 Å². The number of furan rings is 1. The summed E-state index contributed by atoms with van der Waals surface area (Å²) in [5.74, 6) is 1.18. The summed E-state index contributed by atoms with van der Waals surface area (Å²) in [5, 5.41) is 4.39. The van der Waals surface area contributed by atoms with Crippen molar-refractivity contribution in [2.24, 2.45) is 5.73 Å². The van der Waals surface area contributed by atoms with E-state index in [1.54, 1.807) is 24.5 Å². The zero-order chi connectivity index (χ0) is 13.2. The first-order chi connectivity index (χ1) is 9.25. The third-order valence-corrected chi connectivity index (χ3v) is 3.03. The minimum Gasteiger partial charge on any atom is -0.461 e. The lowest BCUT2D eigenvalue weighted by molar-refractivity contribution is 0.366. The molecule has 2 aromatic heterocycles. The molecule has 0 amide bonds. The fourth-order valence-electron chi connectivity index (χ4n) is 1.73. The van der Waals surface area contributed by atoms with Crippen LogP contribution >= 0.6 is 11.6 Å². The van der Waals surface area contributed by atoms with Crippen LogP contribution in [0, 0.1) is 0 Å². The summed E-state index contributed by atoms with van der Waals surface area (Å²) in [6.45, 7) is 0. The first-order valence-corrected chi connectivity index (χ1v) is 6.01. The number of benzene rings is 1. The van der Waals surface area contributed by atoms with Crippen LogP contribution in [0.5, 0.6) is 0 Å². The Hall–Kier alpha value is -2.11. The van der Waals surface area contributed by atoms with E-state index in [4.69, 9.17) is 26.3 Å². The van der Waals surface area contributed by atoms with Crippen LogP contribution in [0.25, 0.3) is 11.6 Å². The molecule has 0 bridgehead atoms. The van der Waals surface area contributed by atoms with E-state index in [1.807, 2.05) is 18.2 Å². The first kappa shape index (κ1) is 12.0. The molecule has 3 rings (SSSR count). The molecule has 6 heteroatoms. The molecule has 2 heterocycles. The predicted octanol–water partition coefficient (Wildman–Crippen LogP) is 3.03. The topological polar surface area (TPSA) is 78.1 Å². The van der Waals surface area contributed by atoms with Crippen LogP contribution in [-0.4, -0.2) is 10.1 Å². The molecule has 2 N–H and O–H groups in total. The molecule has 0 radical (unpaired) electrons. The molecule has 1 atom stereocenters. The number of hydrogen-bond donors (Lipinski definition) is 1. The third-order valence-electron chi connectivity index (χ3n) is 2.69. The maximum absolute atomic E-state index is 6.09. The second-order valence-corrected chi connectivity index (χ2v) is 4.34. The summed E-state index contributed by atoms with van der Waals surface area (Å²) in [4.78, 5) is 4.21. The van der Waals surface area contributed by atoms with Crippen molar-refractivity contribution in [1.82, 2.24) is 10.1 Å². The standard InChI is InChI=1S/C13H10ClN3O2/c14-9-5-2-1-4-8(9)11(15)13-16-12(17-19-13)10-6-3-7-18-10/h1-7,11H,15H2/t11-/m1/s1. The Bertz CT molecular complexity index is 679. The van der Waals surface area contributed by atoms with Crippen LogP contribution in [-0.2, 0) is 0 Å². The Morgan fingerprint density at radius 2 is 2.00 bits per heavy atom.